The predicted octanol–water partition coefficient (Wildman–Crippen LogP) is 4.70. The van der Waals surface area contributed by atoms with Gasteiger partial charge in [0.1, 0.15) is 11.8 Å². The van der Waals surface area contributed by atoms with Crippen molar-refractivity contribution in [1.29, 1.82) is 0 Å². The van der Waals surface area contributed by atoms with Crippen LogP contribution in [-0.4, -0.2) is 44.1 Å². The number of carboxylic acids is 1. The van der Waals surface area contributed by atoms with Gasteiger partial charge in [0.25, 0.3) is 5.91 Å². The number of hydrogen-bond donors (Lipinski definition) is 3. The number of halogens is 4. The zero-order valence-electron chi connectivity index (χ0n) is 19.0. The van der Waals surface area contributed by atoms with Crippen LogP contribution in [-0.2, 0) is 21.2 Å². The summed E-state index contributed by atoms with van der Waals surface area (Å²) >= 11 is 5.97. The number of carboxylic acid groups (broad SMARTS) is 1. The summed E-state index contributed by atoms with van der Waals surface area (Å²) in [6.07, 6.45) is -0.120. The van der Waals surface area contributed by atoms with Crippen molar-refractivity contribution < 1.29 is 41.0 Å². The Kier molecular flexibility index (Phi) is 8.34. The second kappa shape index (κ2) is 11.1. The number of alkyl halides is 3. The molecule has 196 valence electrons. The average molecular weight is 557 g/mol. The molecule has 0 radical (unpaired) electrons. The summed E-state index contributed by atoms with van der Waals surface area (Å²) in [5, 5.41) is 11.3. The summed E-state index contributed by atoms with van der Waals surface area (Å²) < 4.78 is 67.5. The number of carbonyl (C=O) groups excluding carboxylic acids is 1. The molecule has 0 aliphatic rings. The van der Waals surface area contributed by atoms with Crippen LogP contribution >= 0.6 is 11.6 Å². The highest BCUT2D eigenvalue weighted by Crippen LogP contribution is 2.32. The van der Waals surface area contributed by atoms with Gasteiger partial charge in [0.05, 0.1) is 23.4 Å². The third-order valence-corrected chi connectivity index (χ3v) is 6.71. The molecule has 0 spiro atoms. The van der Waals surface area contributed by atoms with Crippen molar-refractivity contribution in [2.45, 2.75) is 18.0 Å². The van der Waals surface area contributed by atoms with E-state index >= 15 is 0 Å². The smallest absolute Gasteiger partial charge is 0.496 e. The number of anilines is 1. The SMILES string of the molecule is COc1ccccc1-c1ccc(C[C@H](NC(=O)c2cccc(NS(=O)(=O)C(F)(F)F)c2Cl)C(=O)O)cc1. The molecule has 0 aliphatic heterocycles. The van der Waals surface area contributed by atoms with Gasteiger partial charge in [-0.1, -0.05) is 60.1 Å². The molecule has 13 heteroatoms. The Morgan fingerprint density at radius 1 is 1.03 bits per heavy atom. The second-order valence-corrected chi connectivity index (χ2v) is 9.74. The summed E-state index contributed by atoms with van der Waals surface area (Å²) in [7, 11) is -4.25. The maximum Gasteiger partial charge on any atom is 0.516 e. The van der Waals surface area contributed by atoms with Crippen molar-refractivity contribution >= 4 is 39.2 Å². The van der Waals surface area contributed by atoms with Gasteiger partial charge in [-0.2, -0.15) is 21.6 Å². The molecule has 8 nitrogen and oxygen atoms in total. The molecule has 0 fully saturated rings. The normalized spacial score (nSPS) is 12.5. The number of carbonyl (C=O) groups is 2. The first-order chi connectivity index (χ1) is 17.3. The first-order valence-corrected chi connectivity index (χ1v) is 12.3. The molecule has 37 heavy (non-hydrogen) atoms. The summed E-state index contributed by atoms with van der Waals surface area (Å²) in [4.78, 5) is 24.5. The summed E-state index contributed by atoms with van der Waals surface area (Å²) in [6, 6.07) is 15.9. The van der Waals surface area contributed by atoms with Crippen molar-refractivity contribution in [2.24, 2.45) is 0 Å². The van der Waals surface area contributed by atoms with Crippen molar-refractivity contribution in [1.82, 2.24) is 5.32 Å². The molecule has 0 saturated carbocycles. The van der Waals surface area contributed by atoms with E-state index in [9.17, 15) is 36.3 Å². The molecule has 3 N–H and O–H groups in total. The highest BCUT2D eigenvalue weighted by Gasteiger charge is 2.46. The molecular weight excluding hydrogens is 537 g/mol. The molecule has 3 rings (SSSR count). The molecule has 0 aromatic heterocycles. The third-order valence-electron chi connectivity index (χ3n) is 5.21. The van der Waals surface area contributed by atoms with Crippen LogP contribution in [0.5, 0.6) is 5.75 Å². The molecule has 3 aromatic rings. The minimum absolute atomic E-state index is 0.120. The average Bonchev–Trinajstić information content (AvgIpc) is 2.84. The standard InChI is InChI=1S/C24H20ClF3N2O6S/c1-36-20-8-3-2-5-16(20)15-11-9-14(10-12-15)13-19(23(32)33)29-22(31)17-6-4-7-18(21(17)25)30-37(34,35)24(26,27)28/h2-12,19,30H,13H2,1H3,(H,29,31)(H,32,33)/t19-/m0/s1. The molecule has 3 aromatic carbocycles. The van der Waals surface area contributed by atoms with E-state index in [-0.39, 0.29) is 6.42 Å². The van der Waals surface area contributed by atoms with Crippen molar-refractivity contribution in [2.75, 3.05) is 11.8 Å². The highest BCUT2D eigenvalue weighted by molar-refractivity contribution is 7.93. The Bertz CT molecular complexity index is 1410. The van der Waals surface area contributed by atoms with Gasteiger partial charge in [-0.05, 0) is 29.3 Å². The number of hydrogen-bond acceptors (Lipinski definition) is 5. The van der Waals surface area contributed by atoms with Gasteiger partial charge >= 0.3 is 21.5 Å². The molecule has 0 heterocycles. The number of ether oxygens (including phenoxy) is 1. The van der Waals surface area contributed by atoms with Gasteiger partial charge in [0.2, 0.25) is 0 Å². The highest BCUT2D eigenvalue weighted by atomic mass is 35.5. The van der Waals surface area contributed by atoms with E-state index in [1.54, 1.807) is 37.4 Å². The van der Waals surface area contributed by atoms with Crippen LogP contribution in [0.4, 0.5) is 18.9 Å². The van der Waals surface area contributed by atoms with E-state index in [1.165, 1.54) is 4.72 Å². The maximum absolute atomic E-state index is 12.7. The fourth-order valence-corrected chi connectivity index (χ4v) is 4.25. The number of rotatable bonds is 9. The van der Waals surface area contributed by atoms with Crippen LogP contribution < -0.4 is 14.8 Å². The summed E-state index contributed by atoms with van der Waals surface area (Å²) in [6.45, 7) is 0. The summed E-state index contributed by atoms with van der Waals surface area (Å²) in [5.41, 5.74) is -4.49. The molecule has 1 atom stereocenters. The number of para-hydroxylation sites is 1. The van der Waals surface area contributed by atoms with E-state index in [4.69, 9.17) is 16.3 Å². The monoisotopic (exact) mass is 556 g/mol. The Labute approximate surface area is 215 Å². The largest absolute Gasteiger partial charge is 0.516 e. The zero-order valence-corrected chi connectivity index (χ0v) is 20.6. The Hall–Kier alpha value is -3.77. The number of nitrogens with one attached hydrogen (secondary N) is 2. The predicted molar refractivity (Wildman–Crippen MR) is 131 cm³/mol. The molecule has 0 unspecified atom stereocenters. The first-order valence-electron chi connectivity index (χ1n) is 10.5. The third kappa shape index (κ3) is 6.52. The van der Waals surface area contributed by atoms with Crippen molar-refractivity contribution in [3.63, 3.8) is 0 Å². The zero-order chi connectivity index (χ0) is 27.4. The van der Waals surface area contributed by atoms with Crippen LogP contribution in [0.2, 0.25) is 5.02 Å². The summed E-state index contributed by atoms with van der Waals surface area (Å²) in [5.74, 6) is -1.73. The van der Waals surface area contributed by atoms with Gasteiger partial charge in [-0.25, -0.2) is 4.79 Å². The van der Waals surface area contributed by atoms with E-state index in [0.29, 0.717) is 11.3 Å². The second-order valence-electron chi connectivity index (χ2n) is 7.68. The molecule has 0 bridgehead atoms. The van der Waals surface area contributed by atoms with E-state index in [0.717, 1.165) is 29.3 Å². The van der Waals surface area contributed by atoms with Crippen LogP contribution in [0.3, 0.4) is 0 Å². The molecule has 0 saturated heterocycles. The number of benzene rings is 3. The number of amides is 1. The maximum atomic E-state index is 12.7. The Morgan fingerprint density at radius 2 is 1.68 bits per heavy atom. The molecular formula is C24H20ClF3N2O6S. The Balaban J connectivity index is 1.78. The molecule has 0 aliphatic carbocycles. The minimum atomic E-state index is -5.79. The molecule has 1 amide bonds. The van der Waals surface area contributed by atoms with Crippen LogP contribution in [0.25, 0.3) is 11.1 Å². The van der Waals surface area contributed by atoms with E-state index in [1.807, 2.05) is 18.2 Å². The van der Waals surface area contributed by atoms with Crippen LogP contribution in [0.15, 0.2) is 66.7 Å². The number of methoxy groups -OCH3 is 1. The lowest BCUT2D eigenvalue weighted by atomic mass is 10.00. The van der Waals surface area contributed by atoms with Crippen LogP contribution in [0.1, 0.15) is 15.9 Å². The topological polar surface area (TPSA) is 122 Å². The lowest BCUT2D eigenvalue weighted by Gasteiger charge is -2.17. The van der Waals surface area contributed by atoms with E-state index in [2.05, 4.69) is 5.32 Å². The van der Waals surface area contributed by atoms with Gasteiger partial charge in [0, 0.05) is 12.0 Å². The quantitative estimate of drug-likeness (QED) is 0.351. The number of aliphatic carboxylic acids is 1. The van der Waals surface area contributed by atoms with Gasteiger partial charge in [-0.3, -0.25) is 9.52 Å². The van der Waals surface area contributed by atoms with Gasteiger partial charge in [-0.15, -0.1) is 0 Å². The fraction of sp³-hybridized carbons (Fsp3) is 0.167. The lowest BCUT2D eigenvalue weighted by molar-refractivity contribution is -0.139. The first kappa shape index (κ1) is 27.8. The van der Waals surface area contributed by atoms with Crippen LogP contribution in [0, 0.1) is 0 Å². The van der Waals surface area contributed by atoms with Crippen molar-refractivity contribution in [3.8, 4) is 16.9 Å². The number of sulfonamides is 1. The van der Waals surface area contributed by atoms with Gasteiger partial charge < -0.3 is 15.2 Å². The van der Waals surface area contributed by atoms with Crippen molar-refractivity contribution in [3.05, 3.63) is 82.9 Å². The Morgan fingerprint density at radius 3 is 2.27 bits per heavy atom. The minimum Gasteiger partial charge on any atom is -0.496 e. The fourth-order valence-electron chi connectivity index (χ4n) is 3.36. The lowest BCUT2D eigenvalue weighted by Crippen LogP contribution is -2.42. The van der Waals surface area contributed by atoms with E-state index < -0.39 is 49.7 Å². The van der Waals surface area contributed by atoms with Gasteiger partial charge in [0.15, 0.2) is 0 Å².